The zero-order valence-corrected chi connectivity index (χ0v) is 25.1. The Morgan fingerprint density at radius 2 is 1.05 bits per heavy atom. The summed E-state index contributed by atoms with van der Waals surface area (Å²) >= 11 is 0. The lowest BCUT2D eigenvalue weighted by atomic mass is 9.98. The lowest BCUT2D eigenvalue weighted by Gasteiger charge is -2.35. The number of unbranched alkanes of at least 4 members (excludes halogenated alkanes) is 15. The molecule has 0 bridgehead atoms. The van der Waals surface area contributed by atoms with E-state index in [2.05, 4.69) is 60.8 Å². The summed E-state index contributed by atoms with van der Waals surface area (Å²) in [4.78, 5) is 0. The Kier molecular flexibility index (Phi) is 18.9. The highest BCUT2D eigenvalue weighted by Crippen LogP contribution is 2.31. The minimum absolute atomic E-state index is 0.196. The maximum atomic E-state index is 6.95. The highest BCUT2D eigenvalue weighted by molar-refractivity contribution is 5.30. The lowest BCUT2D eigenvalue weighted by molar-refractivity contribution is -0.0817. The zero-order valence-electron chi connectivity index (χ0n) is 25.1. The Balaban J connectivity index is 1.68. The molecule has 0 aliphatic carbocycles. The fourth-order valence-corrected chi connectivity index (χ4v) is 5.38. The van der Waals surface area contributed by atoms with Crippen molar-refractivity contribution in [3.05, 3.63) is 71.8 Å². The van der Waals surface area contributed by atoms with Crippen LogP contribution in [0.15, 0.2) is 60.7 Å². The van der Waals surface area contributed by atoms with Crippen molar-refractivity contribution in [1.82, 2.24) is 5.32 Å². The highest BCUT2D eigenvalue weighted by atomic mass is 16.5. The van der Waals surface area contributed by atoms with E-state index >= 15 is 0 Å². The van der Waals surface area contributed by atoms with E-state index in [4.69, 9.17) is 16.2 Å². The van der Waals surface area contributed by atoms with Gasteiger partial charge in [0.1, 0.15) is 11.8 Å². The van der Waals surface area contributed by atoms with Crippen molar-refractivity contribution in [1.29, 1.82) is 0 Å². The van der Waals surface area contributed by atoms with E-state index in [9.17, 15) is 0 Å². The second kappa shape index (κ2) is 22.0. The molecule has 0 saturated heterocycles. The van der Waals surface area contributed by atoms with Crippen LogP contribution in [0.3, 0.4) is 0 Å². The quantitative estimate of drug-likeness (QED) is 0.0875. The molecule has 2 aromatic carbocycles. The van der Waals surface area contributed by atoms with Crippen LogP contribution < -0.4 is 16.8 Å². The molecule has 2 aromatic rings. The second-order valence-electron chi connectivity index (χ2n) is 11.4. The van der Waals surface area contributed by atoms with E-state index in [1.807, 2.05) is 12.1 Å². The molecule has 2 rings (SSSR count). The van der Waals surface area contributed by atoms with Crippen LogP contribution in [-0.4, -0.2) is 25.4 Å². The summed E-state index contributed by atoms with van der Waals surface area (Å²) < 4.78 is 6.76. The SMILES string of the molecule is CCCCCCCCCCCCCCCCCCC(N)(CNCCN)OC(c1ccccc1)c1ccccc1. The van der Waals surface area contributed by atoms with Crippen molar-refractivity contribution in [2.75, 3.05) is 19.6 Å². The van der Waals surface area contributed by atoms with Crippen LogP contribution in [0, 0.1) is 0 Å². The largest absolute Gasteiger partial charge is 0.347 e. The molecule has 0 radical (unpaired) electrons. The van der Waals surface area contributed by atoms with Gasteiger partial charge in [-0.05, 0) is 24.0 Å². The molecule has 1 atom stereocenters. The lowest BCUT2D eigenvalue weighted by Crippen LogP contribution is -2.52. The Bertz CT molecular complexity index is 761. The maximum Gasteiger partial charge on any atom is 0.130 e. The van der Waals surface area contributed by atoms with Gasteiger partial charge in [0.25, 0.3) is 0 Å². The summed E-state index contributed by atoms with van der Waals surface area (Å²) in [5.74, 6) is 0. The van der Waals surface area contributed by atoms with Crippen LogP contribution in [0.1, 0.15) is 133 Å². The van der Waals surface area contributed by atoms with Gasteiger partial charge in [-0.3, -0.25) is 0 Å². The van der Waals surface area contributed by atoms with Gasteiger partial charge in [0.05, 0.1) is 0 Å². The van der Waals surface area contributed by atoms with Crippen molar-refractivity contribution in [3.8, 4) is 0 Å². The molecule has 4 nitrogen and oxygen atoms in total. The number of hydrogen-bond donors (Lipinski definition) is 3. The first kappa shape index (κ1) is 33.5. The molecule has 39 heavy (non-hydrogen) atoms. The molecular weight excluding hydrogens is 478 g/mol. The van der Waals surface area contributed by atoms with E-state index < -0.39 is 5.72 Å². The fourth-order valence-electron chi connectivity index (χ4n) is 5.38. The van der Waals surface area contributed by atoms with E-state index in [1.54, 1.807) is 0 Å². The molecule has 0 aliphatic rings. The average Bonchev–Trinajstić information content (AvgIpc) is 2.97. The molecule has 0 aliphatic heterocycles. The van der Waals surface area contributed by atoms with Crippen molar-refractivity contribution in [2.24, 2.45) is 11.5 Å². The molecule has 0 fully saturated rings. The third-order valence-corrected chi connectivity index (χ3v) is 7.76. The number of nitrogens with one attached hydrogen (secondary N) is 1. The molecule has 220 valence electrons. The molecule has 0 amide bonds. The third-order valence-electron chi connectivity index (χ3n) is 7.76. The normalized spacial score (nSPS) is 13.1. The van der Waals surface area contributed by atoms with Crippen molar-refractivity contribution in [3.63, 3.8) is 0 Å². The summed E-state index contributed by atoms with van der Waals surface area (Å²) in [6, 6.07) is 20.8. The first-order valence-electron chi connectivity index (χ1n) is 16.2. The zero-order chi connectivity index (χ0) is 27.9. The van der Waals surface area contributed by atoms with Gasteiger partial charge in [-0.2, -0.15) is 0 Å². The van der Waals surface area contributed by atoms with Crippen LogP contribution in [0.2, 0.25) is 0 Å². The van der Waals surface area contributed by atoms with Gasteiger partial charge in [-0.1, -0.05) is 164 Å². The maximum absolute atomic E-state index is 6.95. The Morgan fingerprint density at radius 1 is 0.641 bits per heavy atom. The van der Waals surface area contributed by atoms with Gasteiger partial charge >= 0.3 is 0 Å². The Labute approximate surface area is 240 Å². The van der Waals surface area contributed by atoms with E-state index in [1.165, 1.54) is 96.3 Å². The number of rotatable bonds is 25. The third kappa shape index (κ3) is 15.6. The molecular formula is C35H59N3O. The smallest absolute Gasteiger partial charge is 0.130 e. The molecule has 0 heterocycles. The summed E-state index contributed by atoms with van der Waals surface area (Å²) in [5.41, 5.74) is 14.2. The number of hydrogen-bond acceptors (Lipinski definition) is 4. The van der Waals surface area contributed by atoms with Crippen molar-refractivity contribution in [2.45, 2.75) is 128 Å². The van der Waals surface area contributed by atoms with E-state index in [0.717, 1.165) is 30.5 Å². The number of benzene rings is 2. The van der Waals surface area contributed by atoms with Gasteiger partial charge in [0, 0.05) is 19.6 Å². The Hall–Kier alpha value is -1.72. The van der Waals surface area contributed by atoms with Gasteiger partial charge in [-0.25, -0.2) is 0 Å². The fraction of sp³-hybridized carbons (Fsp3) is 0.657. The summed E-state index contributed by atoms with van der Waals surface area (Å²) in [6.45, 7) is 4.22. The van der Waals surface area contributed by atoms with Crippen LogP contribution in [0.4, 0.5) is 0 Å². The van der Waals surface area contributed by atoms with Crippen LogP contribution >= 0.6 is 0 Å². The summed E-state index contributed by atoms with van der Waals surface area (Å²) in [5, 5.41) is 3.41. The first-order chi connectivity index (χ1) is 19.2. The summed E-state index contributed by atoms with van der Waals surface area (Å²) in [6.07, 6.45) is 22.5. The average molecular weight is 538 g/mol. The molecule has 4 heteroatoms. The highest BCUT2D eigenvalue weighted by Gasteiger charge is 2.30. The standard InChI is InChI=1S/C35H59N3O/c1-2-3-4-5-6-7-8-9-10-11-12-13-14-15-16-23-28-35(37,31-38-30-29-36)39-34(32-24-19-17-20-25-32)33-26-21-18-22-27-33/h17-22,24-27,34,38H,2-16,23,28-31,36-37H2,1H3. The minimum atomic E-state index is -0.748. The number of ether oxygens (including phenoxy) is 1. The summed E-state index contributed by atoms with van der Waals surface area (Å²) in [7, 11) is 0. The minimum Gasteiger partial charge on any atom is -0.347 e. The molecule has 0 saturated carbocycles. The van der Waals surface area contributed by atoms with E-state index in [0.29, 0.717) is 13.1 Å². The predicted molar refractivity (Wildman–Crippen MR) is 169 cm³/mol. The van der Waals surface area contributed by atoms with Crippen LogP contribution in [0.25, 0.3) is 0 Å². The van der Waals surface area contributed by atoms with Gasteiger partial charge in [0.2, 0.25) is 0 Å². The van der Waals surface area contributed by atoms with Gasteiger partial charge in [0.15, 0.2) is 0 Å². The molecule has 1 unspecified atom stereocenters. The molecule has 0 aromatic heterocycles. The van der Waals surface area contributed by atoms with E-state index in [-0.39, 0.29) is 6.10 Å². The van der Waals surface area contributed by atoms with Crippen molar-refractivity contribution >= 4 is 0 Å². The topological polar surface area (TPSA) is 73.3 Å². The van der Waals surface area contributed by atoms with Crippen molar-refractivity contribution < 1.29 is 4.74 Å². The first-order valence-corrected chi connectivity index (χ1v) is 16.2. The van der Waals surface area contributed by atoms with Gasteiger partial charge < -0.3 is 21.5 Å². The monoisotopic (exact) mass is 537 g/mol. The number of nitrogens with two attached hydrogens (primary N) is 2. The Morgan fingerprint density at radius 3 is 1.46 bits per heavy atom. The molecule has 0 spiro atoms. The predicted octanol–water partition coefficient (Wildman–Crippen LogP) is 8.65. The van der Waals surface area contributed by atoms with Crippen LogP contribution in [0.5, 0.6) is 0 Å². The van der Waals surface area contributed by atoms with Crippen LogP contribution in [-0.2, 0) is 4.74 Å². The molecule has 5 N–H and O–H groups in total. The second-order valence-corrected chi connectivity index (χ2v) is 11.4. The van der Waals surface area contributed by atoms with Gasteiger partial charge in [-0.15, -0.1) is 0 Å².